The van der Waals surface area contributed by atoms with E-state index in [0.29, 0.717) is 12.8 Å². The summed E-state index contributed by atoms with van der Waals surface area (Å²) in [7, 11) is 0. The number of nitriles is 1. The number of Topliss-reactive ketones (excluding diaryl/α,β-unsaturated/α-hetero) is 1. The lowest BCUT2D eigenvalue weighted by Gasteiger charge is -2.41. The van der Waals surface area contributed by atoms with Gasteiger partial charge in [0.05, 0.1) is 11.5 Å². The maximum atomic E-state index is 11.2. The van der Waals surface area contributed by atoms with Gasteiger partial charge in [-0.05, 0) is 18.4 Å². The third-order valence-corrected chi connectivity index (χ3v) is 4.20. The van der Waals surface area contributed by atoms with E-state index in [1.807, 2.05) is 18.2 Å². The predicted molar refractivity (Wildman–Crippen MR) is 59.6 cm³/mol. The fraction of sp³-hybridized carbons (Fsp3) is 0.429. The van der Waals surface area contributed by atoms with E-state index in [9.17, 15) is 10.1 Å². The van der Waals surface area contributed by atoms with Crippen LogP contribution in [0.4, 0.5) is 0 Å². The molecule has 1 aromatic carbocycles. The Bertz CT molecular complexity index is 471. The highest BCUT2D eigenvalue weighted by atomic mass is 16.1. The van der Waals surface area contributed by atoms with Crippen LogP contribution in [-0.4, -0.2) is 5.78 Å². The molecule has 2 aliphatic carbocycles. The van der Waals surface area contributed by atoms with Gasteiger partial charge in [-0.25, -0.2) is 0 Å². The Morgan fingerprint density at radius 3 is 2.19 bits per heavy atom. The summed E-state index contributed by atoms with van der Waals surface area (Å²) in [5.74, 6) is 0.240. The van der Waals surface area contributed by atoms with Crippen molar-refractivity contribution >= 4 is 5.78 Å². The first kappa shape index (κ1) is 9.59. The summed E-state index contributed by atoms with van der Waals surface area (Å²) in [5.41, 5.74) is 0.826. The SMILES string of the molecule is N#CC1(C2(c3ccccc3)CC2)CC(=O)C1. The van der Waals surface area contributed by atoms with Gasteiger partial charge in [0.1, 0.15) is 5.78 Å². The largest absolute Gasteiger partial charge is 0.300 e. The van der Waals surface area contributed by atoms with Crippen LogP contribution in [0.5, 0.6) is 0 Å². The first-order chi connectivity index (χ1) is 7.72. The van der Waals surface area contributed by atoms with Crippen LogP contribution in [0.15, 0.2) is 30.3 Å². The Morgan fingerprint density at radius 1 is 1.12 bits per heavy atom. The molecule has 0 N–H and O–H groups in total. The van der Waals surface area contributed by atoms with Gasteiger partial charge in [0.15, 0.2) is 0 Å². The average molecular weight is 211 g/mol. The van der Waals surface area contributed by atoms with Gasteiger partial charge in [-0.15, -0.1) is 0 Å². The normalized spacial score (nSPS) is 24.3. The lowest BCUT2D eigenvalue weighted by Crippen LogP contribution is -2.46. The molecule has 0 radical (unpaired) electrons. The van der Waals surface area contributed by atoms with Gasteiger partial charge in [-0.1, -0.05) is 30.3 Å². The number of nitrogens with zero attached hydrogens (tertiary/aromatic N) is 1. The molecule has 2 aliphatic rings. The van der Waals surface area contributed by atoms with Gasteiger partial charge in [-0.3, -0.25) is 4.79 Å². The molecular weight excluding hydrogens is 198 g/mol. The van der Waals surface area contributed by atoms with E-state index in [1.54, 1.807) is 0 Å². The van der Waals surface area contributed by atoms with Crippen LogP contribution in [0.25, 0.3) is 0 Å². The first-order valence-corrected chi connectivity index (χ1v) is 5.71. The molecule has 2 heteroatoms. The zero-order valence-corrected chi connectivity index (χ0v) is 9.07. The number of ketones is 1. The number of hydrogen-bond donors (Lipinski definition) is 0. The summed E-state index contributed by atoms with van der Waals surface area (Å²) in [4.78, 5) is 11.2. The summed E-state index contributed by atoms with van der Waals surface area (Å²) in [6.45, 7) is 0. The van der Waals surface area contributed by atoms with Crippen LogP contribution >= 0.6 is 0 Å². The molecule has 80 valence electrons. The van der Waals surface area contributed by atoms with E-state index < -0.39 is 5.41 Å². The molecule has 0 bridgehead atoms. The standard InChI is InChI=1S/C14H13NO/c15-10-13(8-12(16)9-13)14(6-7-14)11-4-2-1-3-5-11/h1-5H,6-9H2. The van der Waals surface area contributed by atoms with Crippen molar-refractivity contribution in [2.45, 2.75) is 31.1 Å². The van der Waals surface area contributed by atoms with Crippen molar-refractivity contribution in [3.8, 4) is 6.07 Å². The molecule has 2 nitrogen and oxygen atoms in total. The predicted octanol–water partition coefficient (Wildman–Crippen LogP) is 2.59. The van der Waals surface area contributed by atoms with Crippen molar-refractivity contribution in [3.05, 3.63) is 35.9 Å². The highest BCUT2D eigenvalue weighted by Crippen LogP contribution is 2.66. The monoisotopic (exact) mass is 211 g/mol. The van der Waals surface area contributed by atoms with Gasteiger partial charge in [0, 0.05) is 18.3 Å². The van der Waals surface area contributed by atoms with Crippen LogP contribution in [-0.2, 0) is 10.2 Å². The molecule has 0 heterocycles. The van der Waals surface area contributed by atoms with Crippen molar-refractivity contribution in [2.24, 2.45) is 5.41 Å². The molecule has 0 aliphatic heterocycles. The number of benzene rings is 1. The molecular formula is C14H13NO. The van der Waals surface area contributed by atoms with Crippen LogP contribution in [0.2, 0.25) is 0 Å². The van der Waals surface area contributed by atoms with Crippen molar-refractivity contribution < 1.29 is 4.79 Å². The molecule has 3 rings (SSSR count). The molecule has 0 unspecified atom stereocenters. The Hall–Kier alpha value is -1.62. The van der Waals surface area contributed by atoms with Crippen LogP contribution in [0.3, 0.4) is 0 Å². The van der Waals surface area contributed by atoms with Gasteiger partial charge < -0.3 is 0 Å². The van der Waals surface area contributed by atoms with E-state index in [-0.39, 0.29) is 11.2 Å². The summed E-state index contributed by atoms with van der Waals surface area (Å²) in [5, 5.41) is 9.39. The minimum Gasteiger partial charge on any atom is -0.300 e. The fourth-order valence-electron chi connectivity index (χ4n) is 3.07. The van der Waals surface area contributed by atoms with E-state index in [4.69, 9.17) is 0 Å². The summed E-state index contributed by atoms with van der Waals surface area (Å²) in [6.07, 6.45) is 3.02. The Balaban J connectivity index is 2.01. The van der Waals surface area contributed by atoms with Crippen molar-refractivity contribution in [1.82, 2.24) is 0 Å². The molecule has 0 aromatic heterocycles. The molecule has 0 spiro atoms. The number of hydrogen-bond acceptors (Lipinski definition) is 2. The summed E-state index contributed by atoms with van der Waals surface area (Å²) in [6, 6.07) is 12.6. The van der Waals surface area contributed by atoms with Gasteiger partial charge in [-0.2, -0.15) is 5.26 Å². The van der Waals surface area contributed by atoms with Crippen LogP contribution in [0, 0.1) is 16.7 Å². The summed E-state index contributed by atoms with van der Waals surface area (Å²) < 4.78 is 0. The van der Waals surface area contributed by atoms with Crippen molar-refractivity contribution in [3.63, 3.8) is 0 Å². The Morgan fingerprint density at radius 2 is 1.75 bits per heavy atom. The molecule has 0 saturated heterocycles. The van der Waals surface area contributed by atoms with E-state index in [0.717, 1.165) is 12.8 Å². The van der Waals surface area contributed by atoms with Gasteiger partial charge in [0.25, 0.3) is 0 Å². The lowest BCUT2D eigenvalue weighted by atomic mass is 9.57. The average Bonchev–Trinajstić information content (AvgIpc) is 3.07. The second kappa shape index (κ2) is 2.95. The van der Waals surface area contributed by atoms with Crippen molar-refractivity contribution in [1.29, 1.82) is 5.26 Å². The maximum absolute atomic E-state index is 11.2. The zero-order valence-electron chi connectivity index (χ0n) is 9.07. The molecule has 0 atom stereocenters. The highest BCUT2D eigenvalue weighted by molar-refractivity contribution is 5.88. The van der Waals surface area contributed by atoms with Crippen molar-refractivity contribution in [2.75, 3.05) is 0 Å². The van der Waals surface area contributed by atoms with E-state index in [2.05, 4.69) is 18.2 Å². The molecule has 1 aromatic rings. The number of carbonyl (C=O) groups excluding carboxylic acids is 1. The van der Waals surface area contributed by atoms with Crippen LogP contribution in [0.1, 0.15) is 31.2 Å². The summed E-state index contributed by atoms with van der Waals surface area (Å²) >= 11 is 0. The maximum Gasteiger partial charge on any atom is 0.136 e. The first-order valence-electron chi connectivity index (χ1n) is 5.71. The van der Waals surface area contributed by atoms with E-state index >= 15 is 0 Å². The highest BCUT2D eigenvalue weighted by Gasteiger charge is 2.65. The topological polar surface area (TPSA) is 40.9 Å². The minimum atomic E-state index is -0.397. The smallest absolute Gasteiger partial charge is 0.136 e. The number of carbonyl (C=O) groups is 1. The third-order valence-electron chi connectivity index (χ3n) is 4.20. The van der Waals surface area contributed by atoms with E-state index in [1.165, 1.54) is 5.56 Å². The van der Waals surface area contributed by atoms with Gasteiger partial charge in [0.2, 0.25) is 0 Å². The molecule has 16 heavy (non-hydrogen) atoms. The van der Waals surface area contributed by atoms with Gasteiger partial charge >= 0.3 is 0 Å². The minimum absolute atomic E-state index is 0.0169. The lowest BCUT2D eigenvalue weighted by molar-refractivity contribution is -0.131. The van der Waals surface area contributed by atoms with Crippen LogP contribution < -0.4 is 0 Å². The number of rotatable bonds is 2. The quantitative estimate of drug-likeness (QED) is 0.754. The third kappa shape index (κ3) is 1.03. The Kier molecular flexibility index (Phi) is 1.77. The molecule has 2 fully saturated rings. The Labute approximate surface area is 94.9 Å². The fourth-order valence-corrected chi connectivity index (χ4v) is 3.07. The second-order valence-electron chi connectivity index (χ2n) is 5.03. The second-order valence-corrected chi connectivity index (χ2v) is 5.03. The zero-order chi connectivity index (χ0) is 11.2. The molecule has 0 amide bonds. The molecule has 2 saturated carbocycles.